The molecule has 0 aliphatic heterocycles. The molecular weight excluding hydrogens is 194 g/mol. The Morgan fingerprint density at radius 1 is 1.73 bits per heavy atom. The SMILES string of the molecule is CCC(CCO)NC(=O)c1cc(N)c[nH]1. The Kier molecular flexibility index (Phi) is 4.17. The number of H-pyrrole nitrogens is 1. The van der Waals surface area contributed by atoms with Crippen LogP contribution in [0.4, 0.5) is 5.69 Å². The van der Waals surface area contributed by atoms with Crippen molar-refractivity contribution in [3.63, 3.8) is 0 Å². The molecule has 1 rings (SSSR count). The molecule has 15 heavy (non-hydrogen) atoms. The number of hydrogen-bond donors (Lipinski definition) is 4. The normalized spacial score (nSPS) is 12.4. The van der Waals surface area contributed by atoms with Gasteiger partial charge in [-0.2, -0.15) is 0 Å². The molecule has 0 bridgehead atoms. The van der Waals surface area contributed by atoms with Gasteiger partial charge in [-0.25, -0.2) is 0 Å². The third-order valence-corrected chi connectivity index (χ3v) is 2.26. The molecule has 1 atom stereocenters. The van der Waals surface area contributed by atoms with Crippen molar-refractivity contribution in [2.24, 2.45) is 0 Å². The number of aliphatic hydroxyl groups excluding tert-OH is 1. The van der Waals surface area contributed by atoms with Gasteiger partial charge >= 0.3 is 0 Å². The maximum Gasteiger partial charge on any atom is 0.267 e. The maximum absolute atomic E-state index is 11.6. The summed E-state index contributed by atoms with van der Waals surface area (Å²) in [5, 5.41) is 11.6. The second kappa shape index (κ2) is 5.41. The minimum Gasteiger partial charge on any atom is -0.397 e. The van der Waals surface area contributed by atoms with Gasteiger partial charge < -0.3 is 21.1 Å². The van der Waals surface area contributed by atoms with Crippen molar-refractivity contribution in [2.45, 2.75) is 25.8 Å². The van der Waals surface area contributed by atoms with E-state index in [9.17, 15) is 4.79 Å². The first-order chi connectivity index (χ1) is 7.17. The van der Waals surface area contributed by atoms with Crippen molar-refractivity contribution in [1.82, 2.24) is 10.3 Å². The van der Waals surface area contributed by atoms with E-state index in [4.69, 9.17) is 10.8 Å². The molecule has 84 valence electrons. The molecule has 1 aromatic heterocycles. The van der Waals surface area contributed by atoms with Gasteiger partial charge in [0.2, 0.25) is 0 Å². The lowest BCUT2D eigenvalue weighted by Gasteiger charge is -2.14. The van der Waals surface area contributed by atoms with E-state index in [1.54, 1.807) is 12.3 Å². The summed E-state index contributed by atoms with van der Waals surface area (Å²) in [6, 6.07) is 1.59. The molecule has 0 aliphatic rings. The Morgan fingerprint density at radius 2 is 2.47 bits per heavy atom. The number of anilines is 1. The van der Waals surface area contributed by atoms with E-state index in [0.717, 1.165) is 6.42 Å². The zero-order chi connectivity index (χ0) is 11.3. The second-order valence-corrected chi connectivity index (χ2v) is 3.44. The molecule has 0 radical (unpaired) electrons. The lowest BCUT2D eigenvalue weighted by Crippen LogP contribution is -2.35. The number of carbonyl (C=O) groups is 1. The van der Waals surface area contributed by atoms with Crippen LogP contribution < -0.4 is 11.1 Å². The topological polar surface area (TPSA) is 91.1 Å². The Labute approximate surface area is 88.7 Å². The summed E-state index contributed by atoms with van der Waals surface area (Å²) in [6.45, 7) is 2.04. The molecule has 0 fully saturated rings. The first-order valence-corrected chi connectivity index (χ1v) is 5.03. The van der Waals surface area contributed by atoms with Crippen molar-refractivity contribution < 1.29 is 9.90 Å². The molecule has 0 saturated heterocycles. The van der Waals surface area contributed by atoms with Gasteiger partial charge in [-0.05, 0) is 18.9 Å². The molecule has 5 N–H and O–H groups in total. The third-order valence-electron chi connectivity index (χ3n) is 2.26. The molecule has 0 saturated carbocycles. The van der Waals surface area contributed by atoms with E-state index in [1.165, 1.54) is 0 Å². The van der Waals surface area contributed by atoms with Gasteiger partial charge in [-0.1, -0.05) is 6.92 Å². The molecule has 0 aliphatic carbocycles. The molecular formula is C10H17N3O2. The first kappa shape index (κ1) is 11.6. The predicted octanol–water partition coefficient (Wildman–Crippen LogP) is 0.488. The Bertz CT molecular complexity index is 322. The van der Waals surface area contributed by atoms with Gasteiger partial charge in [0.25, 0.3) is 5.91 Å². The number of aromatic amines is 1. The summed E-state index contributed by atoms with van der Waals surface area (Å²) in [4.78, 5) is 14.4. The summed E-state index contributed by atoms with van der Waals surface area (Å²) in [7, 11) is 0. The monoisotopic (exact) mass is 211 g/mol. The standard InChI is InChI=1S/C10H17N3O2/c1-2-8(3-4-14)13-10(15)9-5-7(11)6-12-9/h5-6,8,12,14H,2-4,11H2,1H3,(H,13,15). The van der Waals surface area contributed by atoms with Crippen molar-refractivity contribution in [3.05, 3.63) is 18.0 Å². The van der Waals surface area contributed by atoms with Gasteiger partial charge in [0.1, 0.15) is 5.69 Å². The van der Waals surface area contributed by atoms with Crippen LogP contribution in [0, 0.1) is 0 Å². The number of nitrogen functional groups attached to an aromatic ring is 1. The van der Waals surface area contributed by atoms with Crippen LogP contribution in [0.25, 0.3) is 0 Å². The van der Waals surface area contributed by atoms with Crippen LogP contribution in [0.1, 0.15) is 30.3 Å². The second-order valence-electron chi connectivity index (χ2n) is 3.44. The zero-order valence-corrected chi connectivity index (χ0v) is 8.79. The van der Waals surface area contributed by atoms with Crippen LogP contribution in [0.3, 0.4) is 0 Å². The van der Waals surface area contributed by atoms with Crippen molar-refractivity contribution >= 4 is 11.6 Å². The number of aliphatic hydroxyl groups is 1. The summed E-state index contributed by atoms with van der Waals surface area (Å²) in [5.41, 5.74) is 6.47. The number of hydrogen-bond acceptors (Lipinski definition) is 3. The van der Waals surface area contributed by atoms with E-state index in [1.807, 2.05) is 6.92 Å². The van der Waals surface area contributed by atoms with Crippen molar-refractivity contribution in [2.75, 3.05) is 12.3 Å². The summed E-state index contributed by atoms with van der Waals surface area (Å²) in [6.07, 6.45) is 2.93. The number of nitrogens with one attached hydrogen (secondary N) is 2. The van der Waals surface area contributed by atoms with Crippen LogP contribution >= 0.6 is 0 Å². The van der Waals surface area contributed by atoms with Crippen LogP contribution in [-0.4, -0.2) is 28.6 Å². The molecule has 5 heteroatoms. The van der Waals surface area contributed by atoms with Gasteiger partial charge in [0, 0.05) is 24.5 Å². The minimum atomic E-state index is -0.188. The van der Waals surface area contributed by atoms with Gasteiger partial charge in [-0.3, -0.25) is 4.79 Å². The molecule has 1 aromatic rings. The summed E-state index contributed by atoms with van der Waals surface area (Å²) < 4.78 is 0. The lowest BCUT2D eigenvalue weighted by atomic mass is 10.1. The molecule has 0 spiro atoms. The fourth-order valence-corrected chi connectivity index (χ4v) is 1.34. The maximum atomic E-state index is 11.6. The number of carbonyl (C=O) groups excluding carboxylic acids is 1. The first-order valence-electron chi connectivity index (χ1n) is 5.03. The van der Waals surface area contributed by atoms with E-state index >= 15 is 0 Å². The molecule has 0 aromatic carbocycles. The smallest absolute Gasteiger partial charge is 0.267 e. The quantitative estimate of drug-likeness (QED) is 0.571. The lowest BCUT2D eigenvalue weighted by molar-refractivity contribution is 0.0924. The number of amides is 1. The van der Waals surface area contributed by atoms with E-state index in [2.05, 4.69) is 10.3 Å². The van der Waals surface area contributed by atoms with Gasteiger partial charge in [-0.15, -0.1) is 0 Å². The number of rotatable bonds is 5. The fraction of sp³-hybridized carbons (Fsp3) is 0.500. The third kappa shape index (κ3) is 3.28. The highest BCUT2D eigenvalue weighted by Crippen LogP contribution is 2.05. The molecule has 1 unspecified atom stereocenters. The molecule has 1 heterocycles. The van der Waals surface area contributed by atoms with E-state index in [-0.39, 0.29) is 18.6 Å². The van der Waals surface area contributed by atoms with Crippen LogP contribution in [0.5, 0.6) is 0 Å². The average molecular weight is 211 g/mol. The largest absolute Gasteiger partial charge is 0.397 e. The van der Waals surface area contributed by atoms with Crippen LogP contribution in [-0.2, 0) is 0 Å². The Balaban J connectivity index is 2.54. The Hall–Kier alpha value is -1.49. The van der Waals surface area contributed by atoms with Crippen LogP contribution in [0.15, 0.2) is 12.3 Å². The van der Waals surface area contributed by atoms with Crippen LogP contribution in [0.2, 0.25) is 0 Å². The van der Waals surface area contributed by atoms with Gasteiger partial charge in [0.15, 0.2) is 0 Å². The average Bonchev–Trinajstić information content (AvgIpc) is 2.64. The molecule has 5 nitrogen and oxygen atoms in total. The number of nitrogens with two attached hydrogens (primary N) is 1. The fourth-order valence-electron chi connectivity index (χ4n) is 1.34. The number of aromatic nitrogens is 1. The summed E-state index contributed by atoms with van der Waals surface area (Å²) in [5.74, 6) is -0.188. The minimum absolute atomic E-state index is 0.00650. The Morgan fingerprint density at radius 3 is 2.93 bits per heavy atom. The summed E-state index contributed by atoms with van der Waals surface area (Å²) >= 11 is 0. The van der Waals surface area contributed by atoms with Gasteiger partial charge in [0.05, 0.1) is 0 Å². The molecule has 1 amide bonds. The zero-order valence-electron chi connectivity index (χ0n) is 8.79. The predicted molar refractivity (Wildman–Crippen MR) is 58.5 cm³/mol. The highest BCUT2D eigenvalue weighted by molar-refractivity contribution is 5.93. The van der Waals surface area contributed by atoms with Crippen molar-refractivity contribution in [1.29, 1.82) is 0 Å². The highest BCUT2D eigenvalue weighted by Gasteiger charge is 2.12. The van der Waals surface area contributed by atoms with Crippen molar-refractivity contribution in [3.8, 4) is 0 Å². The highest BCUT2D eigenvalue weighted by atomic mass is 16.3. The van der Waals surface area contributed by atoms with E-state index < -0.39 is 0 Å². The van der Waals surface area contributed by atoms with E-state index in [0.29, 0.717) is 17.8 Å².